The van der Waals surface area contributed by atoms with Crippen LogP contribution < -0.4 is 10.1 Å². The van der Waals surface area contributed by atoms with E-state index in [9.17, 15) is 9.59 Å². The van der Waals surface area contributed by atoms with Crippen molar-refractivity contribution in [2.75, 3.05) is 20.3 Å². The normalized spacial score (nSPS) is 22.5. The third-order valence-corrected chi connectivity index (χ3v) is 6.31. The highest BCUT2D eigenvalue weighted by molar-refractivity contribution is 5.94. The van der Waals surface area contributed by atoms with Gasteiger partial charge in [-0.15, -0.1) is 0 Å². The number of amides is 1. The number of rotatable bonds is 7. The Bertz CT molecular complexity index is 965. The molecule has 1 amide bonds. The number of nitrogens with one attached hydrogen (secondary N) is 1. The van der Waals surface area contributed by atoms with Crippen LogP contribution in [0.4, 0.5) is 0 Å². The maximum absolute atomic E-state index is 12.5. The number of allylic oxidation sites excluding steroid dienone is 1. The van der Waals surface area contributed by atoms with E-state index in [2.05, 4.69) is 11.9 Å². The number of esters is 1. The number of carbonyl (C=O) groups is 2. The molecule has 2 aliphatic rings. The smallest absolute Gasteiger partial charge is 0.313 e. The highest BCUT2D eigenvalue weighted by Gasteiger charge is 2.55. The first kappa shape index (κ1) is 20.2. The van der Waals surface area contributed by atoms with Crippen LogP contribution >= 0.6 is 0 Å². The largest absolute Gasteiger partial charge is 0.496 e. The molecule has 0 radical (unpaired) electrons. The predicted molar refractivity (Wildman–Crippen MR) is 114 cm³/mol. The summed E-state index contributed by atoms with van der Waals surface area (Å²) < 4.78 is 10.7. The van der Waals surface area contributed by atoms with E-state index in [4.69, 9.17) is 9.47 Å². The van der Waals surface area contributed by atoms with Crippen molar-refractivity contribution in [3.8, 4) is 5.75 Å². The fourth-order valence-electron chi connectivity index (χ4n) is 4.72. The summed E-state index contributed by atoms with van der Waals surface area (Å²) in [7, 11) is 1.65. The Morgan fingerprint density at radius 1 is 1.23 bits per heavy atom. The molecule has 156 valence electrons. The lowest BCUT2D eigenvalue weighted by Gasteiger charge is -2.24. The lowest BCUT2D eigenvalue weighted by molar-refractivity contribution is -0.146. The molecule has 5 heteroatoms. The Labute approximate surface area is 177 Å². The standard InChI is InChI=1S/C25H27NO4/c1-17-13-21-16-30-24(28)25(21,14-17)15-18-7-9-20(10-8-18)23(27)26-12-11-19-5-3-4-6-22(19)29-2/h3-10,21H,1,11-16H2,2H3,(H,26,27)/t21-,25+/m1/s1. The zero-order valence-corrected chi connectivity index (χ0v) is 17.3. The molecule has 1 aliphatic heterocycles. The molecule has 1 aliphatic carbocycles. The summed E-state index contributed by atoms with van der Waals surface area (Å²) >= 11 is 0. The van der Waals surface area contributed by atoms with Crippen molar-refractivity contribution in [2.24, 2.45) is 11.3 Å². The zero-order valence-electron chi connectivity index (χ0n) is 17.3. The van der Waals surface area contributed by atoms with Crippen LogP contribution in [0.15, 0.2) is 60.7 Å². The number of hydrogen-bond acceptors (Lipinski definition) is 4. The third kappa shape index (κ3) is 3.84. The van der Waals surface area contributed by atoms with Gasteiger partial charge in [0.2, 0.25) is 0 Å². The number of para-hydroxylation sites is 1. The van der Waals surface area contributed by atoms with Gasteiger partial charge >= 0.3 is 5.97 Å². The van der Waals surface area contributed by atoms with Crippen LogP contribution in [-0.4, -0.2) is 32.1 Å². The van der Waals surface area contributed by atoms with E-state index in [1.165, 1.54) is 0 Å². The first-order valence-corrected chi connectivity index (χ1v) is 10.3. The number of carbonyl (C=O) groups excluding carboxylic acids is 2. The van der Waals surface area contributed by atoms with Crippen molar-refractivity contribution >= 4 is 11.9 Å². The third-order valence-electron chi connectivity index (χ3n) is 6.31. The van der Waals surface area contributed by atoms with Gasteiger partial charge in [-0.3, -0.25) is 9.59 Å². The Morgan fingerprint density at radius 3 is 2.77 bits per heavy atom. The van der Waals surface area contributed by atoms with Crippen LogP contribution in [0.2, 0.25) is 0 Å². The first-order valence-electron chi connectivity index (χ1n) is 10.3. The van der Waals surface area contributed by atoms with E-state index in [1.54, 1.807) is 7.11 Å². The van der Waals surface area contributed by atoms with E-state index < -0.39 is 5.41 Å². The number of hydrogen-bond donors (Lipinski definition) is 1. The van der Waals surface area contributed by atoms with Crippen molar-refractivity contribution < 1.29 is 19.1 Å². The molecule has 1 N–H and O–H groups in total. The summed E-state index contributed by atoms with van der Waals surface area (Å²) in [6.45, 7) is 5.11. The van der Waals surface area contributed by atoms with Crippen molar-refractivity contribution in [3.05, 3.63) is 77.4 Å². The highest BCUT2D eigenvalue weighted by Crippen LogP contribution is 2.52. The van der Waals surface area contributed by atoms with Gasteiger partial charge in [0.05, 0.1) is 19.1 Å². The van der Waals surface area contributed by atoms with E-state index in [1.807, 2.05) is 48.5 Å². The van der Waals surface area contributed by atoms with Crippen molar-refractivity contribution in [1.29, 1.82) is 0 Å². The molecule has 0 unspecified atom stereocenters. The number of benzene rings is 2. The number of methoxy groups -OCH3 is 1. The molecule has 2 aromatic carbocycles. The average Bonchev–Trinajstić information content (AvgIpc) is 3.22. The van der Waals surface area contributed by atoms with E-state index in [0.29, 0.717) is 38.0 Å². The predicted octanol–water partition coefficient (Wildman–Crippen LogP) is 3.72. The second-order valence-corrected chi connectivity index (χ2v) is 8.27. The summed E-state index contributed by atoms with van der Waals surface area (Å²) in [6, 6.07) is 15.3. The van der Waals surface area contributed by atoms with Gasteiger partial charge < -0.3 is 14.8 Å². The molecule has 2 fully saturated rings. The Morgan fingerprint density at radius 2 is 2.00 bits per heavy atom. The molecule has 0 bridgehead atoms. The molecule has 1 saturated heterocycles. The molecule has 2 atom stereocenters. The van der Waals surface area contributed by atoms with E-state index in [0.717, 1.165) is 28.9 Å². The molecule has 5 nitrogen and oxygen atoms in total. The monoisotopic (exact) mass is 405 g/mol. The Balaban J connectivity index is 1.36. The van der Waals surface area contributed by atoms with E-state index >= 15 is 0 Å². The topological polar surface area (TPSA) is 64.6 Å². The summed E-state index contributed by atoms with van der Waals surface area (Å²) in [5, 5.41) is 2.96. The molecular formula is C25H27NO4. The molecule has 4 rings (SSSR count). The van der Waals surface area contributed by atoms with Crippen LogP contribution in [-0.2, 0) is 22.4 Å². The lowest BCUT2D eigenvalue weighted by Crippen LogP contribution is -2.31. The Kier molecular flexibility index (Phi) is 5.62. The maximum Gasteiger partial charge on any atom is 0.313 e. The second kappa shape index (κ2) is 8.34. The van der Waals surface area contributed by atoms with Crippen LogP contribution in [0.1, 0.15) is 34.3 Å². The number of cyclic esters (lactones) is 1. The molecule has 0 spiro atoms. The fraction of sp³-hybridized carbons (Fsp3) is 0.360. The van der Waals surface area contributed by atoms with Gasteiger partial charge in [-0.25, -0.2) is 0 Å². The minimum atomic E-state index is -0.477. The Hall–Kier alpha value is -3.08. The summed E-state index contributed by atoms with van der Waals surface area (Å²) in [5.74, 6) is 0.829. The summed E-state index contributed by atoms with van der Waals surface area (Å²) in [6.07, 6.45) is 2.88. The minimum absolute atomic E-state index is 0.107. The SMILES string of the molecule is C=C1C[C@@H]2COC(=O)[C@]2(Cc2ccc(C(=O)NCCc3ccccc3OC)cc2)C1. The minimum Gasteiger partial charge on any atom is -0.496 e. The van der Waals surface area contributed by atoms with Crippen LogP contribution in [0.3, 0.4) is 0 Å². The van der Waals surface area contributed by atoms with Gasteiger partial charge in [0.1, 0.15) is 5.75 Å². The second-order valence-electron chi connectivity index (χ2n) is 8.27. The van der Waals surface area contributed by atoms with Crippen molar-refractivity contribution in [1.82, 2.24) is 5.32 Å². The van der Waals surface area contributed by atoms with Crippen LogP contribution in [0.25, 0.3) is 0 Å². The molecule has 0 aromatic heterocycles. The average molecular weight is 405 g/mol. The molecule has 2 aromatic rings. The fourth-order valence-corrected chi connectivity index (χ4v) is 4.72. The summed E-state index contributed by atoms with van der Waals surface area (Å²) in [5.41, 5.74) is 3.36. The van der Waals surface area contributed by atoms with Gasteiger partial charge in [0.25, 0.3) is 5.91 Å². The van der Waals surface area contributed by atoms with Crippen molar-refractivity contribution in [3.63, 3.8) is 0 Å². The van der Waals surface area contributed by atoms with Gasteiger partial charge in [0, 0.05) is 18.0 Å². The van der Waals surface area contributed by atoms with Gasteiger partial charge in [-0.1, -0.05) is 42.5 Å². The summed E-state index contributed by atoms with van der Waals surface area (Å²) in [4.78, 5) is 24.9. The van der Waals surface area contributed by atoms with Gasteiger partial charge in [-0.2, -0.15) is 0 Å². The maximum atomic E-state index is 12.5. The van der Waals surface area contributed by atoms with E-state index in [-0.39, 0.29) is 17.8 Å². The lowest BCUT2D eigenvalue weighted by atomic mass is 9.75. The number of ether oxygens (including phenoxy) is 2. The molecule has 1 saturated carbocycles. The molecule has 30 heavy (non-hydrogen) atoms. The van der Waals surface area contributed by atoms with Crippen molar-refractivity contribution in [2.45, 2.75) is 25.7 Å². The molecule has 1 heterocycles. The van der Waals surface area contributed by atoms with Gasteiger partial charge in [-0.05, 0) is 55.0 Å². The highest BCUT2D eigenvalue weighted by atomic mass is 16.5. The zero-order chi connectivity index (χ0) is 21.1. The van der Waals surface area contributed by atoms with Crippen LogP contribution in [0.5, 0.6) is 5.75 Å². The molecular weight excluding hydrogens is 378 g/mol. The first-order chi connectivity index (χ1) is 14.5. The van der Waals surface area contributed by atoms with Crippen LogP contribution in [0, 0.1) is 11.3 Å². The quantitative estimate of drug-likeness (QED) is 0.563. The number of fused-ring (bicyclic) bond motifs is 1. The van der Waals surface area contributed by atoms with Gasteiger partial charge in [0.15, 0.2) is 0 Å².